The third kappa shape index (κ3) is 14.5. The monoisotopic (exact) mass is 842 g/mol. The van der Waals surface area contributed by atoms with E-state index < -0.39 is 10.1 Å². The van der Waals surface area contributed by atoms with E-state index in [4.69, 9.17) is 0 Å². The number of anilines is 2. The van der Waals surface area contributed by atoms with Crippen molar-refractivity contribution in [2.45, 2.75) is 148 Å². The van der Waals surface area contributed by atoms with Gasteiger partial charge in [-0.2, -0.15) is 13.0 Å². The number of hydrogen-bond donors (Lipinski definition) is 1. The summed E-state index contributed by atoms with van der Waals surface area (Å²) in [5, 5.41) is 0. The highest BCUT2D eigenvalue weighted by molar-refractivity contribution is 7.86. The van der Waals surface area contributed by atoms with Gasteiger partial charge in [-0.15, -0.1) is 0 Å². The highest BCUT2D eigenvalue weighted by atomic mass is 32.2. The number of nitrogens with zero attached hydrogens (tertiary/aromatic N) is 2. The number of allylic oxidation sites excluding steroid dienone is 5. The maximum absolute atomic E-state index is 12.8. The van der Waals surface area contributed by atoms with Gasteiger partial charge in [0.15, 0.2) is 0 Å². The molecule has 61 heavy (non-hydrogen) atoms. The molecule has 0 saturated heterocycles. The fraction of sp³-hybridized carbons (Fsp3) is 0.436. The van der Waals surface area contributed by atoms with Crippen LogP contribution in [-0.4, -0.2) is 36.3 Å². The smallest absolute Gasteiger partial charge is 0.295 e. The van der Waals surface area contributed by atoms with Crippen molar-refractivity contribution >= 4 is 38.5 Å². The highest BCUT2D eigenvalue weighted by Crippen LogP contribution is 2.36. The Labute approximate surface area is 369 Å². The molecular weight excluding hydrogens is 769 g/mol. The first-order valence-electron chi connectivity index (χ1n) is 23.6. The molecule has 0 bridgehead atoms. The van der Waals surface area contributed by atoms with Crippen molar-refractivity contribution in [2.75, 3.05) is 18.0 Å². The first-order valence-corrected chi connectivity index (χ1v) is 25.1. The largest absolute Gasteiger partial charge is 0.341 e. The molecule has 0 heterocycles. The minimum atomic E-state index is -4.50. The number of hydrogen-bond acceptors (Lipinski definition) is 3. The molecule has 1 aliphatic carbocycles. The van der Waals surface area contributed by atoms with Crippen LogP contribution in [0, 0.1) is 0 Å². The Balaban J connectivity index is 1.45. The van der Waals surface area contributed by atoms with Crippen LogP contribution in [0.1, 0.15) is 153 Å². The summed E-state index contributed by atoms with van der Waals surface area (Å²) in [6, 6.07) is 33.4. The molecule has 4 aromatic rings. The molecule has 0 atom stereocenters. The third-order valence-corrected chi connectivity index (χ3v) is 12.9. The summed E-state index contributed by atoms with van der Waals surface area (Å²) in [5.74, 6) is 0. The van der Waals surface area contributed by atoms with Gasteiger partial charge in [0.1, 0.15) is 11.4 Å². The Hall–Kier alpha value is -4.52. The molecule has 0 aromatic heterocycles. The summed E-state index contributed by atoms with van der Waals surface area (Å²) in [6.45, 7) is 10.8. The molecule has 0 radical (unpaired) electrons. The Morgan fingerprint density at radius 3 is 1.57 bits per heavy atom. The molecule has 0 unspecified atom stereocenters. The Bertz CT molecular complexity index is 2140. The van der Waals surface area contributed by atoms with Crippen LogP contribution >= 0.6 is 0 Å². The average Bonchev–Trinajstić information content (AvgIpc) is 3.28. The zero-order valence-corrected chi connectivity index (χ0v) is 38.6. The molecule has 0 fully saturated rings. The lowest BCUT2D eigenvalue weighted by molar-refractivity contribution is -0.439. The molecule has 5 nitrogen and oxygen atoms in total. The van der Waals surface area contributed by atoms with E-state index in [-0.39, 0.29) is 4.90 Å². The van der Waals surface area contributed by atoms with Crippen molar-refractivity contribution in [3.05, 3.63) is 149 Å². The van der Waals surface area contributed by atoms with Gasteiger partial charge in [-0.25, -0.2) is 0 Å². The van der Waals surface area contributed by atoms with E-state index in [2.05, 4.69) is 134 Å². The summed E-state index contributed by atoms with van der Waals surface area (Å²) in [5.41, 5.74) is 10.3. The van der Waals surface area contributed by atoms with Crippen molar-refractivity contribution in [1.29, 1.82) is 0 Å². The standard InChI is InChI=1S/C55H72N2O3S/c1-5-9-13-15-17-19-23-45-27-35-49(36-28-45)56(43-11-7-3)51-39-31-47(32-40-51)55(53-25-21-22-26-54(53)61(58,59)60)48-33-41-52(42-34-48)57(44-12-8-4)50-37-29-46(30-38-50)24-20-18-16-14-10-6-2/h21-22,25-42H,5-20,23-24,43-44H2,1-4H3/p+1. The van der Waals surface area contributed by atoms with E-state index in [9.17, 15) is 13.0 Å². The Morgan fingerprint density at radius 2 is 1.03 bits per heavy atom. The fourth-order valence-electron chi connectivity index (χ4n) is 8.34. The van der Waals surface area contributed by atoms with Gasteiger partial charge in [0.25, 0.3) is 10.1 Å². The van der Waals surface area contributed by atoms with Crippen LogP contribution in [0.4, 0.5) is 17.1 Å². The molecule has 0 saturated carbocycles. The second kappa shape index (κ2) is 25.4. The van der Waals surface area contributed by atoms with Crippen LogP contribution in [0.25, 0.3) is 5.57 Å². The van der Waals surface area contributed by atoms with Crippen LogP contribution in [0.3, 0.4) is 0 Å². The second-order valence-corrected chi connectivity index (χ2v) is 18.2. The Kier molecular flexibility index (Phi) is 19.8. The van der Waals surface area contributed by atoms with E-state index in [1.54, 1.807) is 12.1 Å². The third-order valence-electron chi connectivity index (χ3n) is 12.0. The number of benzene rings is 4. The second-order valence-electron chi connectivity index (χ2n) is 16.8. The Morgan fingerprint density at radius 1 is 0.541 bits per heavy atom. The molecule has 6 heteroatoms. The number of unbranched alkanes of at least 4 members (excludes halogenated alkanes) is 12. The zero-order chi connectivity index (χ0) is 43.3. The topological polar surface area (TPSA) is 60.6 Å². The van der Waals surface area contributed by atoms with Gasteiger partial charge in [-0.3, -0.25) is 4.55 Å². The minimum Gasteiger partial charge on any atom is -0.341 e. The lowest BCUT2D eigenvalue weighted by atomic mass is 9.90. The van der Waals surface area contributed by atoms with Gasteiger partial charge in [0, 0.05) is 54.2 Å². The van der Waals surface area contributed by atoms with E-state index >= 15 is 0 Å². The van der Waals surface area contributed by atoms with Gasteiger partial charge < -0.3 is 4.90 Å². The molecule has 1 N–H and O–H groups in total. The first kappa shape index (κ1) is 47.5. The molecule has 4 aromatic carbocycles. The number of aryl methyl sites for hydroxylation is 2. The highest BCUT2D eigenvalue weighted by Gasteiger charge is 2.23. The van der Waals surface area contributed by atoms with Crippen LogP contribution in [0.15, 0.2) is 132 Å². The summed E-state index contributed by atoms with van der Waals surface area (Å²) < 4.78 is 38.5. The van der Waals surface area contributed by atoms with E-state index in [1.807, 2.05) is 6.07 Å². The van der Waals surface area contributed by atoms with Crippen LogP contribution < -0.4 is 4.90 Å². The van der Waals surface area contributed by atoms with Gasteiger partial charge in [-0.1, -0.05) is 159 Å². The lowest BCUT2D eigenvalue weighted by Crippen LogP contribution is -2.18. The average molecular weight is 842 g/mol. The van der Waals surface area contributed by atoms with E-state index in [1.165, 1.54) is 106 Å². The van der Waals surface area contributed by atoms with E-state index in [0.717, 1.165) is 79.7 Å². The predicted molar refractivity (Wildman–Crippen MR) is 261 cm³/mol. The molecule has 0 amide bonds. The molecule has 0 spiro atoms. The molecule has 0 aliphatic heterocycles. The van der Waals surface area contributed by atoms with E-state index in [0.29, 0.717) is 5.56 Å². The summed E-state index contributed by atoms with van der Waals surface area (Å²) >= 11 is 0. The molecule has 5 rings (SSSR count). The molecule has 326 valence electrons. The zero-order valence-electron chi connectivity index (χ0n) is 37.8. The van der Waals surface area contributed by atoms with Gasteiger partial charge in [0.2, 0.25) is 11.4 Å². The fourth-order valence-corrected chi connectivity index (χ4v) is 9.04. The number of rotatable bonds is 26. The van der Waals surface area contributed by atoms with Crippen LogP contribution in [0.2, 0.25) is 0 Å². The van der Waals surface area contributed by atoms with Gasteiger partial charge in [0.05, 0.1) is 0 Å². The SMILES string of the molecule is CCCCCCCCc1ccc(N(CCCC)c2ccc(C(=C3C=CC(=[N+](CCCC)c4ccc(CCCCCCCC)cc4)C=C3)c3ccccc3S(=O)(=O)O)cc2)cc1. The van der Waals surface area contributed by atoms with Crippen molar-refractivity contribution in [3.63, 3.8) is 0 Å². The van der Waals surface area contributed by atoms with Gasteiger partial charge >= 0.3 is 0 Å². The summed E-state index contributed by atoms with van der Waals surface area (Å²) in [4.78, 5) is 2.28. The normalized spacial score (nSPS) is 12.6. The van der Waals surface area contributed by atoms with Crippen LogP contribution in [0.5, 0.6) is 0 Å². The lowest BCUT2D eigenvalue weighted by Gasteiger charge is -2.26. The first-order chi connectivity index (χ1) is 29.8. The molecular formula is C55H73N2O3S+. The molecule has 1 aliphatic rings. The summed E-state index contributed by atoms with van der Waals surface area (Å²) in [7, 11) is -4.50. The van der Waals surface area contributed by atoms with Crippen molar-refractivity contribution in [3.8, 4) is 0 Å². The summed E-state index contributed by atoms with van der Waals surface area (Å²) in [6.07, 6.45) is 30.6. The van der Waals surface area contributed by atoms with Crippen molar-refractivity contribution in [1.82, 2.24) is 0 Å². The minimum absolute atomic E-state index is 0.102. The van der Waals surface area contributed by atoms with Crippen molar-refractivity contribution < 1.29 is 17.5 Å². The quantitative estimate of drug-likeness (QED) is 0.0389. The van der Waals surface area contributed by atoms with Crippen LogP contribution in [-0.2, 0) is 23.0 Å². The van der Waals surface area contributed by atoms with Crippen molar-refractivity contribution in [2.24, 2.45) is 0 Å². The predicted octanol–water partition coefficient (Wildman–Crippen LogP) is 15.2. The maximum Gasteiger partial charge on any atom is 0.295 e. The van der Waals surface area contributed by atoms with Gasteiger partial charge in [-0.05, 0) is 102 Å². The maximum atomic E-state index is 12.8.